The summed E-state index contributed by atoms with van der Waals surface area (Å²) in [6, 6.07) is 8.66. The Hall–Kier alpha value is -1.22. The van der Waals surface area contributed by atoms with E-state index in [0.717, 1.165) is 34.7 Å². The third kappa shape index (κ3) is 3.88. The molecule has 0 radical (unpaired) electrons. The van der Waals surface area contributed by atoms with Crippen LogP contribution >= 0.6 is 11.3 Å². The van der Waals surface area contributed by atoms with Crippen molar-refractivity contribution in [2.75, 3.05) is 0 Å². The highest BCUT2D eigenvalue weighted by Crippen LogP contribution is 2.44. The van der Waals surface area contributed by atoms with Crippen molar-refractivity contribution in [3.63, 3.8) is 0 Å². The van der Waals surface area contributed by atoms with Gasteiger partial charge in [0.05, 0.1) is 0 Å². The first-order chi connectivity index (χ1) is 12.6. The Kier molecular flexibility index (Phi) is 5.45. The highest BCUT2D eigenvalue weighted by molar-refractivity contribution is 7.13. The fraction of sp³-hybridized carbons (Fsp3) is 0.565. The van der Waals surface area contributed by atoms with Crippen molar-refractivity contribution in [3.05, 3.63) is 46.8 Å². The summed E-state index contributed by atoms with van der Waals surface area (Å²) in [5.41, 5.74) is 1.65. The molecular formula is C23H28F2S. The molecule has 140 valence electrons. The monoisotopic (exact) mass is 374 g/mol. The number of thiophene rings is 1. The van der Waals surface area contributed by atoms with E-state index in [1.165, 1.54) is 57.4 Å². The number of halogens is 2. The molecule has 2 aliphatic carbocycles. The third-order valence-electron chi connectivity index (χ3n) is 6.80. The highest BCUT2D eigenvalue weighted by atomic mass is 32.1. The van der Waals surface area contributed by atoms with Gasteiger partial charge in [0.25, 0.3) is 0 Å². The molecule has 0 saturated heterocycles. The van der Waals surface area contributed by atoms with Gasteiger partial charge in [0.1, 0.15) is 5.82 Å². The second kappa shape index (κ2) is 7.80. The van der Waals surface area contributed by atoms with Crippen LogP contribution in [0.15, 0.2) is 30.3 Å². The van der Waals surface area contributed by atoms with Gasteiger partial charge in [-0.2, -0.15) is 4.39 Å². The summed E-state index contributed by atoms with van der Waals surface area (Å²) in [4.78, 5) is 0.668. The van der Waals surface area contributed by atoms with Crippen LogP contribution in [0.1, 0.15) is 69.8 Å². The predicted molar refractivity (Wildman–Crippen MR) is 105 cm³/mol. The molecule has 0 aliphatic heterocycles. The lowest BCUT2D eigenvalue weighted by Crippen LogP contribution is -2.24. The van der Waals surface area contributed by atoms with Gasteiger partial charge in [0.15, 0.2) is 5.13 Å². The van der Waals surface area contributed by atoms with E-state index in [1.807, 2.05) is 6.07 Å². The van der Waals surface area contributed by atoms with Gasteiger partial charge in [0, 0.05) is 10.4 Å². The minimum atomic E-state index is -0.265. The van der Waals surface area contributed by atoms with Gasteiger partial charge in [-0.15, -0.1) is 11.3 Å². The molecule has 4 rings (SSSR count). The van der Waals surface area contributed by atoms with Crippen LogP contribution in [-0.4, -0.2) is 0 Å². The van der Waals surface area contributed by atoms with Gasteiger partial charge < -0.3 is 0 Å². The Morgan fingerprint density at radius 2 is 1.46 bits per heavy atom. The molecule has 0 amide bonds. The molecule has 1 aromatic carbocycles. The Balaban J connectivity index is 1.39. The van der Waals surface area contributed by atoms with Crippen LogP contribution in [0.2, 0.25) is 0 Å². The molecule has 2 saturated carbocycles. The van der Waals surface area contributed by atoms with Gasteiger partial charge in [-0.05, 0) is 86.0 Å². The van der Waals surface area contributed by atoms with Crippen LogP contribution in [0, 0.1) is 28.7 Å². The van der Waals surface area contributed by atoms with Crippen LogP contribution in [0.4, 0.5) is 8.78 Å². The fourth-order valence-electron chi connectivity index (χ4n) is 5.13. The molecule has 0 N–H and O–H groups in total. The minimum Gasteiger partial charge on any atom is -0.206 e. The molecule has 2 fully saturated rings. The lowest BCUT2D eigenvalue weighted by atomic mass is 9.68. The lowest BCUT2D eigenvalue weighted by molar-refractivity contribution is 0.165. The van der Waals surface area contributed by atoms with E-state index < -0.39 is 0 Å². The number of rotatable bonds is 3. The summed E-state index contributed by atoms with van der Waals surface area (Å²) in [6.07, 6.45) is 10.6. The number of hydrogen-bond acceptors (Lipinski definition) is 1. The molecule has 0 nitrogen and oxygen atoms in total. The molecule has 0 bridgehead atoms. The molecule has 3 heteroatoms. The second-order valence-electron chi connectivity index (χ2n) is 8.47. The van der Waals surface area contributed by atoms with E-state index in [1.54, 1.807) is 12.1 Å². The maximum atomic E-state index is 14.6. The van der Waals surface area contributed by atoms with Gasteiger partial charge in [-0.1, -0.05) is 31.9 Å². The van der Waals surface area contributed by atoms with E-state index >= 15 is 0 Å². The van der Waals surface area contributed by atoms with Crippen molar-refractivity contribution < 1.29 is 8.78 Å². The van der Waals surface area contributed by atoms with Crippen molar-refractivity contribution in [2.24, 2.45) is 17.8 Å². The first-order valence-electron chi connectivity index (χ1n) is 10.2. The van der Waals surface area contributed by atoms with Crippen LogP contribution in [-0.2, 0) is 0 Å². The topological polar surface area (TPSA) is 0 Å². The molecule has 1 aromatic heterocycles. The summed E-state index contributed by atoms with van der Waals surface area (Å²) >= 11 is 1.01. The van der Waals surface area contributed by atoms with Crippen LogP contribution in [0.3, 0.4) is 0 Å². The Morgan fingerprint density at radius 1 is 0.808 bits per heavy atom. The van der Waals surface area contributed by atoms with Crippen molar-refractivity contribution >= 4 is 11.3 Å². The minimum absolute atomic E-state index is 0.215. The van der Waals surface area contributed by atoms with E-state index in [4.69, 9.17) is 0 Å². The quantitative estimate of drug-likeness (QED) is 0.514. The van der Waals surface area contributed by atoms with Gasteiger partial charge in [0.2, 0.25) is 0 Å². The van der Waals surface area contributed by atoms with Gasteiger partial charge in [-0.3, -0.25) is 0 Å². The van der Waals surface area contributed by atoms with Gasteiger partial charge >= 0.3 is 0 Å². The Morgan fingerprint density at radius 3 is 2.04 bits per heavy atom. The van der Waals surface area contributed by atoms with E-state index in [0.29, 0.717) is 16.4 Å². The van der Waals surface area contributed by atoms with E-state index in [9.17, 15) is 8.78 Å². The zero-order valence-corrected chi connectivity index (χ0v) is 16.3. The van der Waals surface area contributed by atoms with Gasteiger partial charge in [-0.25, -0.2) is 4.39 Å². The molecule has 0 spiro atoms. The normalized spacial score (nSPS) is 29.7. The third-order valence-corrected chi connectivity index (χ3v) is 7.71. The second-order valence-corrected chi connectivity index (χ2v) is 9.51. The molecule has 26 heavy (non-hydrogen) atoms. The molecule has 2 aliphatic rings. The maximum Gasteiger partial charge on any atom is 0.176 e. The smallest absolute Gasteiger partial charge is 0.176 e. The van der Waals surface area contributed by atoms with Crippen molar-refractivity contribution in [1.29, 1.82) is 0 Å². The first-order valence-corrected chi connectivity index (χ1v) is 11.0. The maximum absolute atomic E-state index is 14.6. The molecule has 1 heterocycles. The van der Waals surface area contributed by atoms with Crippen molar-refractivity contribution in [2.45, 2.75) is 64.2 Å². The summed E-state index contributed by atoms with van der Waals surface area (Å²) in [7, 11) is 0. The zero-order chi connectivity index (χ0) is 18.1. The average molecular weight is 375 g/mol. The molecule has 2 aromatic rings. The largest absolute Gasteiger partial charge is 0.206 e. The first kappa shape index (κ1) is 18.2. The summed E-state index contributed by atoms with van der Waals surface area (Å²) in [5.74, 6) is 3.00. The van der Waals surface area contributed by atoms with E-state index in [2.05, 4.69) is 13.0 Å². The molecule has 0 atom stereocenters. The van der Waals surface area contributed by atoms with Crippen molar-refractivity contribution in [1.82, 2.24) is 0 Å². The van der Waals surface area contributed by atoms with Crippen molar-refractivity contribution in [3.8, 4) is 10.4 Å². The zero-order valence-electron chi connectivity index (χ0n) is 15.5. The Bertz CT molecular complexity index is 734. The average Bonchev–Trinajstić information content (AvgIpc) is 3.08. The Labute approximate surface area is 159 Å². The van der Waals surface area contributed by atoms with Crippen LogP contribution in [0.25, 0.3) is 10.4 Å². The summed E-state index contributed by atoms with van der Waals surface area (Å²) < 4.78 is 27.8. The van der Waals surface area contributed by atoms with E-state index in [-0.39, 0.29) is 10.9 Å². The fourth-order valence-corrected chi connectivity index (χ4v) is 5.88. The molecular weight excluding hydrogens is 346 g/mol. The lowest BCUT2D eigenvalue weighted by Gasteiger charge is -2.37. The predicted octanol–water partition coefficient (Wildman–Crippen LogP) is 7.79. The van der Waals surface area contributed by atoms with Crippen LogP contribution < -0.4 is 0 Å². The number of benzene rings is 1. The molecule has 0 unspecified atom stereocenters. The summed E-state index contributed by atoms with van der Waals surface area (Å²) in [6.45, 7) is 2.38. The standard InChI is InChI=1S/C23H28F2S/c1-15-2-4-16(5-3-15)17-6-8-18(9-7-17)19-10-11-20(21(24)14-19)22-12-13-23(25)26-22/h10-18H,2-9H2,1H3. The van der Waals surface area contributed by atoms with Crippen LogP contribution in [0.5, 0.6) is 0 Å². The highest BCUT2D eigenvalue weighted by Gasteiger charge is 2.30. The number of hydrogen-bond donors (Lipinski definition) is 0. The summed E-state index contributed by atoms with van der Waals surface area (Å²) in [5, 5.41) is -0.265. The SMILES string of the molecule is CC1CCC(C2CCC(c3ccc(-c4ccc(F)s4)c(F)c3)CC2)CC1.